The summed E-state index contributed by atoms with van der Waals surface area (Å²) in [6.45, 7) is 0. The van der Waals surface area contributed by atoms with E-state index in [9.17, 15) is 23.1 Å². The Labute approximate surface area is 161 Å². The summed E-state index contributed by atoms with van der Waals surface area (Å²) in [5.74, 6) is -0.298. The maximum atomic E-state index is 12.7. The molecule has 0 heterocycles. The van der Waals surface area contributed by atoms with Gasteiger partial charge in [-0.15, -0.1) is 0 Å². The van der Waals surface area contributed by atoms with Crippen molar-refractivity contribution in [2.75, 3.05) is 7.11 Å². The number of halogens is 4. The van der Waals surface area contributed by atoms with E-state index in [0.717, 1.165) is 12.1 Å². The van der Waals surface area contributed by atoms with Gasteiger partial charge in [-0.2, -0.15) is 18.3 Å². The van der Waals surface area contributed by atoms with E-state index in [4.69, 9.17) is 4.74 Å². The first-order valence-corrected chi connectivity index (χ1v) is 8.33. The van der Waals surface area contributed by atoms with E-state index in [1.165, 1.54) is 31.5 Å². The van der Waals surface area contributed by atoms with Crippen molar-refractivity contribution in [3.63, 3.8) is 0 Å². The van der Waals surface area contributed by atoms with Crippen LogP contribution in [-0.4, -0.2) is 24.3 Å². The quantitative estimate of drug-likeness (QED) is 0.391. The third kappa shape index (κ3) is 5.35. The molecule has 2 rings (SSSR count). The summed E-state index contributed by atoms with van der Waals surface area (Å²) in [7, 11) is 1.41. The predicted octanol–water partition coefficient (Wildman–Crippen LogP) is 3.72. The number of phenolic OH excluding ortho intramolecular Hbond substituents is 1. The summed E-state index contributed by atoms with van der Waals surface area (Å²) < 4.78 is 43.6. The Morgan fingerprint density at radius 1 is 1.35 bits per heavy atom. The second-order valence-electron chi connectivity index (χ2n) is 5.22. The lowest BCUT2D eigenvalue weighted by Crippen LogP contribution is -2.20. The van der Waals surface area contributed by atoms with Crippen LogP contribution in [0.25, 0.3) is 0 Å². The van der Waals surface area contributed by atoms with Crippen molar-refractivity contribution in [2.24, 2.45) is 5.10 Å². The Bertz CT molecular complexity index is 838. The maximum Gasteiger partial charge on any atom is 0.416 e. The van der Waals surface area contributed by atoms with Gasteiger partial charge < -0.3 is 9.84 Å². The number of amides is 1. The zero-order valence-electron chi connectivity index (χ0n) is 13.5. The zero-order chi connectivity index (χ0) is 19.3. The molecule has 9 heteroatoms. The molecule has 0 spiro atoms. The topological polar surface area (TPSA) is 70.9 Å². The SMILES string of the molecule is COc1cc(/C=N\NC(=O)Cc2cccc(C(F)(F)F)c2)cc(I)c1O. The van der Waals surface area contributed by atoms with E-state index >= 15 is 0 Å². The smallest absolute Gasteiger partial charge is 0.416 e. The van der Waals surface area contributed by atoms with Crippen molar-refractivity contribution in [1.29, 1.82) is 0 Å². The van der Waals surface area contributed by atoms with Gasteiger partial charge in [0.15, 0.2) is 11.5 Å². The van der Waals surface area contributed by atoms with Crippen LogP contribution < -0.4 is 10.2 Å². The summed E-state index contributed by atoms with van der Waals surface area (Å²) in [5.41, 5.74) is 2.25. The molecule has 0 radical (unpaired) electrons. The predicted molar refractivity (Wildman–Crippen MR) is 98.3 cm³/mol. The summed E-state index contributed by atoms with van der Waals surface area (Å²) >= 11 is 1.92. The van der Waals surface area contributed by atoms with Crippen molar-refractivity contribution in [2.45, 2.75) is 12.6 Å². The van der Waals surface area contributed by atoms with Crippen molar-refractivity contribution in [3.05, 3.63) is 56.7 Å². The maximum absolute atomic E-state index is 12.7. The highest BCUT2D eigenvalue weighted by molar-refractivity contribution is 14.1. The van der Waals surface area contributed by atoms with Crippen LogP contribution in [0.4, 0.5) is 13.2 Å². The number of carbonyl (C=O) groups excluding carboxylic acids is 1. The third-order valence-corrected chi connectivity index (χ3v) is 4.11. The summed E-state index contributed by atoms with van der Waals surface area (Å²) in [6.07, 6.45) is -3.36. The molecular formula is C17H14F3IN2O3. The molecule has 0 saturated carbocycles. The number of phenols is 1. The highest BCUT2D eigenvalue weighted by atomic mass is 127. The van der Waals surface area contributed by atoms with Gasteiger partial charge in [-0.25, -0.2) is 5.43 Å². The van der Waals surface area contributed by atoms with Crippen molar-refractivity contribution < 1.29 is 27.8 Å². The van der Waals surface area contributed by atoms with Crippen LogP contribution >= 0.6 is 22.6 Å². The minimum atomic E-state index is -4.46. The van der Waals surface area contributed by atoms with E-state index in [0.29, 0.717) is 9.13 Å². The number of hydrazone groups is 1. The number of ether oxygens (including phenoxy) is 1. The molecule has 0 aromatic heterocycles. The zero-order valence-corrected chi connectivity index (χ0v) is 15.6. The van der Waals surface area contributed by atoms with Gasteiger partial charge >= 0.3 is 6.18 Å². The molecule has 0 atom stereocenters. The first-order chi connectivity index (χ1) is 12.2. The first-order valence-electron chi connectivity index (χ1n) is 7.25. The fourth-order valence-corrected chi connectivity index (χ4v) is 2.71. The van der Waals surface area contributed by atoms with Crippen LogP contribution in [0.2, 0.25) is 0 Å². The molecular weight excluding hydrogens is 464 g/mol. The van der Waals surface area contributed by atoms with Gasteiger partial charge in [-0.3, -0.25) is 4.79 Å². The van der Waals surface area contributed by atoms with Crippen LogP contribution in [0.1, 0.15) is 16.7 Å². The fourth-order valence-electron chi connectivity index (χ4n) is 2.09. The molecule has 0 saturated heterocycles. The second kappa shape index (κ2) is 8.39. The molecule has 2 aromatic carbocycles. The van der Waals surface area contributed by atoms with E-state index in [-0.39, 0.29) is 23.5 Å². The number of alkyl halides is 3. The monoisotopic (exact) mass is 478 g/mol. The molecule has 0 fully saturated rings. The summed E-state index contributed by atoms with van der Waals surface area (Å²) in [5, 5.41) is 13.5. The Kier molecular flexibility index (Phi) is 6.46. The Balaban J connectivity index is 2.01. The number of carbonyl (C=O) groups is 1. The number of nitrogens with one attached hydrogen (secondary N) is 1. The van der Waals surface area contributed by atoms with Gasteiger partial charge in [0.25, 0.3) is 0 Å². The molecule has 5 nitrogen and oxygen atoms in total. The minimum absolute atomic E-state index is 0.00108. The number of hydrogen-bond acceptors (Lipinski definition) is 4. The lowest BCUT2D eigenvalue weighted by atomic mass is 10.1. The van der Waals surface area contributed by atoms with Gasteiger partial charge in [0.1, 0.15) is 0 Å². The number of benzene rings is 2. The van der Waals surface area contributed by atoms with Crippen LogP contribution in [0, 0.1) is 3.57 Å². The Morgan fingerprint density at radius 3 is 2.73 bits per heavy atom. The van der Waals surface area contributed by atoms with Crippen molar-refractivity contribution >= 4 is 34.7 Å². The molecule has 2 aromatic rings. The average molecular weight is 478 g/mol. The van der Waals surface area contributed by atoms with Crippen LogP contribution in [0.15, 0.2) is 41.5 Å². The van der Waals surface area contributed by atoms with Gasteiger partial charge in [-0.1, -0.05) is 18.2 Å². The van der Waals surface area contributed by atoms with E-state index in [1.54, 1.807) is 6.07 Å². The van der Waals surface area contributed by atoms with Crippen molar-refractivity contribution in [1.82, 2.24) is 5.43 Å². The molecule has 2 N–H and O–H groups in total. The fraction of sp³-hybridized carbons (Fsp3) is 0.176. The lowest BCUT2D eigenvalue weighted by molar-refractivity contribution is -0.137. The molecule has 1 amide bonds. The highest BCUT2D eigenvalue weighted by Crippen LogP contribution is 2.32. The molecule has 0 aliphatic rings. The molecule has 0 unspecified atom stereocenters. The standard InChI is InChI=1S/C17H14F3IN2O3/c1-26-14-7-11(6-13(21)16(14)25)9-22-23-15(24)8-10-3-2-4-12(5-10)17(18,19)20/h2-7,9,25H,8H2,1H3,(H,23,24)/b22-9-. The molecule has 26 heavy (non-hydrogen) atoms. The highest BCUT2D eigenvalue weighted by Gasteiger charge is 2.30. The number of nitrogens with zero attached hydrogens (tertiary/aromatic N) is 1. The number of methoxy groups -OCH3 is 1. The van der Waals surface area contributed by atoms with Gasteiger partial charge in [0.05, 0.1) is 28.9 Å². The van der Waals surface area contributed by atoms with Crippen LogP contribution in [-0.2, 0) is 17.4 Å². The lowest BCUT2D eigenvalue weighted by Gasteiger charge is -2.08. The Hall–Kier alpha value is -2.30. The normalized spacial score (nSPS) is 11.6. The number of rotatable bonds is 5. The van der Waals surface area contributed by atoms with E-state index in [2.05, 4.69) is 10.5 Å². The summed E-state index contributed by atoms with van der Waals surface area (Å²) in [4.78, 5) is 11.8. The minimum Gasteiger partial charge on any atom is -0.504 e. The van der Waals surface area contributed by atoms with Crippen LogP contribution in [0.3, 0.4) is 0 Å². The van der Waals surface area contributed by atoms with E-state index < -0.39 is 17.6 Å². The number of hydrogen-bond donors (Lipinski definition) is 2. The third-order valence-electron chi connectivity index (χ3n) is 3.29. The number of aromatic hydroxyl groups is 1. The first kappa shape index (κ1) is 20.0. The van der Waals surface area contributed by atoms with E-state index in [1.807, 2.05) is 22.6 Å². The molecule has 0 bridgehead atoms. The van der Waals surface area contributed by atoms with Gasteiger partial charge in [-0.05, 0) is 51.9 Å². The van der Waals surface area contributed by atoms with Gasteiger partial charge in [0.2, 0.25) is 5.91 Å². The van der Waals surface area contributed by atoms with Gasteiger partial charge in [0, 0.05) is 0 Å². The second-order valence-corrected chi connectivity index (χ2v) is 6.38. The largest absolute Gasteiger partial charge is 0.504 e. The molecule has 0 aliphatic heterocycles. The Morgan fingerprint density at radius 2 is 2.08 bits per heavy atom. The van der Waals surface area contributed by atoms with Crippen LogP contribution in [0.5, 0.6) is 11.5 Å². The van der Waals surface area contributed by atoms with Crippen molar-refractivity contribution in [3.8, 4) is 11.5 Å². The average Bonchev–Trinajstić information content (AvgIpc) is 2.57. The summed E-state index contributed by atoms with van der Waals surface area (Å²) in [6, 6.07) is 7.71. The molecule has 0 aliphatic carbocycles. The molecule has 138 valence electrons.